The Morgan fingerprint density at radius 3 is 2.59 bits per heavy atom. The van der Waals surface area contributed by atoms with Crippen LogP contribution in [0.1, 0.15) is 54.4 Å². The molecule has 2 aliphatic heterocycles. The zero-order valence-corrected chi connectivity index (χ0v) is 16.1. The van der Waals surface area contributed by atoms with Gasteiger partial charge in [0.25, 0.3) is 5.91 Å². The number of amides is 2. The average molecular weight is 370 g/mol. The van der Waals surface area contributed by atoms with E-state index in [1.807, 2.05) is 29.2 Å². The molecule has 0 bridgehead atoms. The number of ether oxygens (including phenoxy) is 1. The molecule has 1 aliphatic carbocycles. The standard InChI is InChI=1S/C22H30N2O3/c25-21(15-24-14-19-8-4-5-9-20(19)22(24)26)23(13-18-10-11-27-16-18)12-17-6-2-1-3-7-17/h4-5,8-9,17-18H,1-3,6-7,10-16H2/t18-/m1/s1. The van der Waals surface area contributed by atoms with Gasteiger partial charge >= 0.3 is 0 Å². The van der Waals surface area contributed by atoms with Gasteiger partial charge in [0, 0.05) is 37.7 Å². The van der Waals surface area contributed by atoms with Crippen LogP contribution in [0, 0.1) is 11.8 Å². The van der Waals surface area contributed by atoms with Crippen molar-refractivity contribution >= 4 is 11.8 Å². The zero-order valence-electron chi connectivity index (χ0n) is 16.1. The highest BCUT2D eigenvalue weighted by atomic mass is 16.5. The lowest BCUT2D eigenvalue weighted by molar-refractivity contribution is -0.133. The van der Waals surface area contributed by atoms with Gasteiger partial charge in [-0.2, -0.15) is 0 Å². The van der Waals surface area contributed by atoms with Gasteiger partial charge in [-0.3, -0.25) is 9.59 Å². The smallest absolute Gasteiger partial charge is 0.254 e. The zero-order chi connectivity index (χ0) is 18.6. The van der Waals surface area contributed by atoms with Crippen LogP contribution in [-0.2, 0) is 16.1 Å². The van der Waals surface area contributed by atoms with Crippen LogP contribution in [-0.4, -0.2) is 54.5 Å². The maximum absolute atomic E-state index is 13.1. The van der Waals surface area contributed by atoms with E-state index in [1.54, 1.807) is 4.90 Å². The van der Waals surface area contributed by atoms with Crippen molar-refractivity contribution in [3.05, 3.63) is 35.4 Å². The quantitative estimate of drug-likeness (QED) is 0.773. The highest BCUT2D eigenvalue weighted by Crippen LogP contribution is 2.26. The minimum absolute atomic E-state index is 0.0132. The van der Waals surface area contributed by atoms with Gasteiger partial charge in [0.1, 0.15) is 6.54 Å². The predicted octanol–water partition coefficient (Wildman–Crippen LogP) is 3.09. The third kappa shape index (κ3) is 4.34. The van der Waals surface area contributed by atoms with Gasteiger partial charge in [0.15, 0.2) is 0 Å². The Morgan fingerprint density at radius 2 is 1.85 bits per heavy atom. The third-order valence-electron chi connectivity index (χ3n) is 6.28. The van der Waals surface area contributed by atoms with Gasteiger partial charge in [0.2, 0.25) is 5.91 Å². The molecule has 0 aromatic heterocycles. The summed E-state index contributed by atoms with van der Waals surface area (Å²) in [6.07, 6.45) is 7.35. The van der Waals surface area contributed by atoms with Crippen molar-refractivity contribution in [2.45, 2.75) is 45.1 Å². The Morgan fingerprint density at radius 1 is 1.07 bits per heavy atom. The van der Waals surface area contributed by atoms with E-state index in [-0.39, 0.29) is 18.4 Å². The molecule has 146 valence electrons. The summed E-state index contributed by atoms with van der Waals surface area (Å²) in [5.41, 5.74) is 1.77. The van der Waals surface area contributed by atoms with Gasteiger partial charge < -0.3 is 14.5 Å². The van der Waals surface area contributed by atoms with E-state index >= 15 is 0 Å². The van der Waals surface area contributed by atoms with E-state index in [1.165, 1.54) is 32.1 Å². The summed E-state index contributed by atoms with van der Waals surface area (Å²) in [5.74, 6) is 1.12. The first kappa shape index (κ1) is 18.5. The molecule has 5 nitrogen and oxygen atoms in total. The van der Waals surface area contributed by atoms with Crippen LogP contribution >= 0.6 is 0 Å². The number of carbonyl (C=O) groups excluding carboxylic acids is 2. The second-order valence-corrected chi connectivity index (χ2v) is 8.35. The fraction of sp³-hybridized carbons (Fsp3) is 0.636. The average Bonchev–Trinajstić information content (AvgIpc) is 3.31. The van der Waals surface area contributed by atoms with E-state index < -0.39 is 0 Å². The first-order valence-electron chi connectivity index (χ1n) is 10.4. The summed E-state index contributed by atoms with van der Waals surface area (Å²) in [5, 5.41) is 0. The molecule has 2 heterocycles. The minimum atomic E-state index is -0.0132. The molecule has 1 saturated heterocycles. The van der Waals surface area contributed by atoms with Crippen LogP contribution in [0.15, 0.2) is 24.3 Å². The molecule has 2 fully saturated rings. The Kier molecular flexibility index (Phi) is 5.77. The number of fused-ring (bicyclic) bond motifs is 1. The van der Waals surface area contributed by atoms with Crippen molar-refractivity contribution < 1.29 is 14.3 Å². The Labute approximate surface area is 161 Å². The molecule has 0 N–H and O–H groups in total. The SMILES string of the molecule is O=C(CN1Cc2ccccc2C1=O)N(CC1CCCCC1)C[C@H]1CCOC1. The van der Waals surface area contributed by atoms with Gasteiger partial charge in [-0.05, 0) is 36.8 Å². The Hall–Kier alpha value is -1.88. The molecule has 0 unspecified atom stereocenters. The molecule has 0 spiro atoms. The van der Waals surface area contributed by atoms with Crippen molar-refractivity contribution in [2.75, 3.05) is 32.8 Å². The van der Waals surface area contributed by atoms with Crippen molar-refractivity contribution in [1.82, 2.24) is 9.80 Å². The fourth-order valence-corrected chi connectivity index (χ4v) is 4.70. The highest BCUT2D eigenvalue weighted by Gasteiger charge is 2.31. The van der Waals surface area contributed by atoms with Crippen molar-refractivity contribution in [2.24, 2.45) is 11.8 Å². The van der Waals surface area contributed by atoms with Crippen LogP contribution in [0.5, 0.6) is 0 Å². The van der Waals surface area contributed by atoms with Crippen molar-refractivity contribution in [1.29, 1.82) is 0 Å². The first-order chi connectivity index (χ1) is 13.2. The summed E-state index contributed by atoms with van der Waals surface area (Å²) in [4.78, 5) is 29.5. The van der Waals surface area contributed by atoms with E-state index in [0.29, 0.717) is 18.4 Å². The van der Waals surface area contributed by atoms with Crippen LogP contribution in [0.3, 0.4) is 0 Å². The maximum atomic E-state index is 13.1. The molecule has 0 radical (unpaired) electrons. The highest BCUT2D eigenvalue weighted by molar-refractivity contribution is 6.00. The summed E-state index contributed by atoms with van der Waals surface area (Å²) in [7, 11) is 0. The van der Waals surface area contributed by atoms with E-state index in [2.05, 4.69) is 0 Å². The monoisotopic (exact) mass is 370 g/mol. The van der Waals surface area contributed by atoms with Gasteiger partial charge in [-0.15, -0.1) is 0 Å². The number of carbonyl (C=O) groups is 2. The Bertz CT molecular complexity index is 678. The van der Waals surface area contributed by atoms with Crippen LogP contribution in [0.4, 0.5) is 0 Å². The normalized spacial score (nSPS) is 22.9. The van der Waals surface area contributed by atoms with Crippen LogP contribution < -0.4 is 0 Å². The largest absolute Gasteiger partial charge is 0.381 e. The first-order valence-corrected chi connectivity index (χ1v) is 10.4. The third-order valence-corrected chi connectivity index (χ3v) is 6.28. The van der Waals surface area contributed by atoms with Gasteiger partial charge in [-0.25, -0.2) is 0 Å². The molecule has 4 rings (SSSR count). The van der Waals surface area contributed by atoms with E-state index in [9.17, 15) is 9.59 Å². The van der Waals surface area contributed by atoms with Gasteiger partial charge in [0.05, 0.1) is 6.61 Å². The number of hydrogen-bond acceptors (Lipinski definition) is 3. The molecule has 2 amide bonds. The predicted molar refractivity (Wildman–Crippen MR) is 103 cm³/mol. The molecule has 27 heavy (non-hydrogen) atoms. The summed E-state index contributed by atoms with van der Waals surface area (Å²) in [6, 6.07) is 7.68. The number of benzene rings is 1. The molecule has 1 aromatic carbocycles. The maximum Gasteiger partial charge on any atom is 0.254 e. The number of nitrogens with zero attached hydrogens (tertiary/aromatic N) is 2. The second kappa shape index (κ2) is 8.42. The lowest BCUT2D eigenvalue weighted by atomic mass is 9.88. The number of hydrogen-bond donors (Lipinski definition) is 0. The molecule has 1 atom stereocenters. The van der Waals surface area contributed by atoms with Crippen molar-refractivity contribution in [3.63, 3.8) is 0 Å². The lowest BCUT2D eigenvalue weighted by Crippen LogP contribution is -2.45. The Balaban J connectivity index is 1.41. The van der Waals surface area contributed by atoms with Crippen molar-refractivity contribution in [3.8, 4) is 0 Å². The minimum Gasteiger partial charge on any atom is -0.381 e. The van der Waals surface area contributed by atoms with E-state index in [0.717, 1.165) is 43.9 Å². The summed E-state index contributed by atoms with van der Waals surface area (Å²) >= 11 is 0. The van der Waals surface area contributed by atoms with Crippen LogP contribution in [0.25, 0.3) is 0 Å². The topological polar surface area (TPSA) is 49.9 Å². The van der Waals surface area contributed by atoms with Gasteiger partial charge in [-0.1, -0.05) is 37.5 Å². The van der Waals surface area contributed by atoms with Crippen LogP contribution in [0.2, 0.25) is 0 Å². The molecule has 1 saturated carbocycles. The molecular weight excluding hydrogens is 340 g/mol. The fourth-order valence-electron chi connectivity index (χ4n) is 4.70. The molecular formula is C22H30N2O3. The number of rotatable bonds is 6. The molecule has 5 heteroatoms. The summed E-state index contributed by atoms with van der Waals surface area (Å²) in [6.45, 7) is 3.89. The lowest BCUT2D eigenvalue weighted by Gasteiger charge is -2.32. The second-order valence-electron chi connectivity index (χ2n) is 8.35. The molecule has 3 aliphatic rings. The molecule has 1 aromatic rings. The summed E-state index contributed by atoms with van der Waals surface area (Å²) < 4.78 is 5.52. The van der Waals surface area contributed by atoms with E-state index in [4.69, 9.17) is 4.74 Å².